The van der Waals surface area contributed by atoms with Crippen LogP contribution in [0, 0.1) is 25.7 Å². The molecule has 5 nitrogen and oxygen atoms in total. The number of hydrogen-bond acceptors (Lipinski definition) is 4. The number of sulfone groups is 1. The quantitative estimate of drug-likeness (QED) is 0.587. The molecule has 0 N–H and O–H groups in total. The molecule has 2 atom stereocenters. The van der Waals surface area contributed by atoms with Crippen LogP contribution in [0.5, 0.6) is 0 Å². The fourth-order valence-electron chi connectivity index (χ4n) is 3.44. The molecule has 0 saturated carbocycles. The molecule has 0 amide bonds. The van der Waals surface area contributed by atoms with Gasteiger partial charge in [-0.3, -0.25) is 0 Å². The number of benzene rings is 2. The van der Waals surface area contributed by atoms with Crippen LogP contribution >= 0.6 is 15.9 Å². The number of rotatable bonds is 6. The van der Waals surface area contributed by atoms with Crippen LogP contribution < -0.4 is 0 Å². The lowest BCUT2D eigenvalue weighted by Gasteiger charge is -2.17. The van der Waals surface area contributed by atoms with Crippen molar-refractivity contribution in [3.63, 3.8) is 0 Å². The minimum absolute atomic E-state index is 0.0551. The van der Waals surface area contributed by atoms with Gasteiger partial charge in [-0.05, 0) is 49.9 Å². The van der Waals surface area contributed by atoms with Gasteiger partial charge in [0.15, 0.2) is 9.84 Å². The Morgan fingerprint density at radius 2 is 1.29 bits per heavy atom. The first-order valence-electron chi connectivity index (χ1n) is 9.05. The fourth-order valence-corrected chi connectivity index (χ4v) is 7.41. The Balaban J connectivity index is 1.81. The summed E-state index contributed by atoms with van der Waals surface area (Å²) < 4.78 is 53.1. The summed E-state index contributed by atoms with van der Waals surface area (Å²) in [6, 6.07) is 13.5. The molecule has 0 spiro atoms. The molecule has 2 unspecified atom stereocenters. The Hall–Kier alpha value is -1.22. The van der Waals surface area contributed by atoms with Crippen LogP contribution in [-0.2, 0) is 19.9 Å². The molecule has 1 heterocycles. The van der Waals surface area contributed by atoms with Crippen LogP contribution in [0.15, 0.2) is 58.3 Å². The molecule has 2 aromatic rings. The van der Waals surface area contributed by atoms with Gasteiger partial charge in [-0.2, -0.15) is 4.31 Å². The van der Waals surface area contributed by atoms with Gasteiger partial charge in [-0.15, -0.1) is 0 Å². The van der Waals surface area contributed by atoms with E-state index in [9.17, 15) is 16.8 Å². The molecule has 28 heavy (non-hydrogen) atoms. The molecule has 1 aliphatic heterocycles. The van der Waals surface area contributed by atoms with Crippen LogP contribution in [-0.4, -0.2) is 45.3 Å². The maximum atomic E-state index is 13.0. The first kappa shape index (κ1) is 21.5. The number of halogens is 1. The van der Waals surface area contributed by atoms with E-state index in [1.807, 2.05) is 13.8 Å². The van der Waals surface area contributed by atoms with E-state index < -0.39 is 19.9 Å². The van der Waals surface area contributed by atoms with Crippen molar-refractivity contribution >= 4 is 35.8 Å². The van der Waals surface area contributed by atoms with Crippen LogP contribution in [0.4, 0.5) is 0 Å². The second kappa shape index (κ2) is 8.26. The first-order valence-corrected chi connectivity index (χ1v) is 13.3. The van der Waals surface area contributed by atoms with Crippen molar-refractivity contribution in [1.29, 1.82) is 0 Å². The van der Waals surface area contributed by atoms with Gasteiger partial charge in [0.25, 0.3) is 0 Å². The van der Waals surface area contributed by atoms with Gasteiger partial charge in [0.1, 0.15) is 0 Å². The number of hydrogen-bond donors (Lipinski definition) is 0. The summed E-state index contributed by atoms with van der Waals surface area (Å²) in [5, 5.41) is 0.557. The molecule has 3 rings (SSSR count). The summed E-state index contributed by atoms with van der Waals surface area (Å²) in [6.45, 7) is 4.33. The molecule has 8 heteroatoms. The summed E-state index contributed by atoms with van der Waals surface area (Å²) in [7, 11) is -7.12. The van der Waals surface area contributed by atoms with Crippen LogP contribution in [0.25, 0.3) is 0 Å². The molecular weight excluding hydrogens is 462 g/mol. The van der Waals surface area contributed by atoms with Crippen molar-refractivity contribution in [3.8, 4) is 0 Å². The summed E-state index contributed by atoms with van der Waals surface area (Å²) in [4.78, 5) is 0.528. The van der Waals surface area contributed by atoms with Crippen molar-refractivity contribution in [2.24, 2.45) is 11.8 Å². The highest BCUT2D eigenvalue weighted by molar-refractivity contribution is 9.09. The Kier molecular flexibility index (Phi) is 6.34. The predicted octanol–water partition coefficient (Wildman–Crippen LogP) is 3.41. The Morgan fingerprint density at radius 1 is 0.821 bits per heavy atom. The van der Waals surface area contributed by atoms with Crippen LogP contribution in [0.2, 0.25) is 0 Å². The highest BCUT2D eigenvalue weighted by Crippen LogP contribution is 2.32. The maximum absolute atomic E-state index is 13.0. The van der Waals surface area contributed by atoms with E-state index in [0.29, 0.717) is 11.9 Å². The van der Waals surface area contributed by atoms with Crippen molar-refractivity contribution in [2.45, 2.75) is 23.6 Å². The third-order valence-corrected chi connectivity index (χ3v) is 9.75. The average Bonchev–Trinajstić information content (AvgIpc) is 3.05. The lowest BCUT2D eigenvalue weighted by Crippen LogP contribution is -2.30. The number of aryl methyl sites for hydroxylation is 2. The van der Waals surface area contributed by atoms with E-state index in [0.717, 1.165) is 11.1 Å². The van der Waals surface area contributed by atoms with E-state index >= 15 is 0 Å². The molecule has 0 aromatic heterocycles. The van der Waals surface area contributed by atoms with Gasteiger partial charge in [0, 0.05) is 18.4 Å². The molecule has 1 aliphatic rings. The van der Waals surface area contributed by atoms with Gasteiger partial charge in [-0.1, -0.05) is 51.3 Å². The normalized spacial score (nSPS) is 21.1. The third-order valence-electron chi connectivity index (χ3n) is 5.21. The lowest BCUT2D eigenvalue weighted by atomic mass is 10.0. The van der Waals surface area contributed by atoms with Gasteiger partial charge < -0.3 is 0 Å². The van der Waals surface area contributed by atoms with Crippen molar-refractivity contribution in [1.82, 2.24) is 4.31 Å². The van der Waals surface area contributed by atoms with Crippen molar-refractivity contribution in [2.75, 3.05) is 24.2 Å². The second-order valence-corrected chi connectivity index (χ2v) is 12.0. The van der Waals surface area contributed by atoms with E-state index in [1.165, 1.54) is 4.31 Å². The molecule has 152 valence electrons. The molecular formula is C20H24BrNO4S2. The molecule has 0 bridgehead atoms. The molecule has 0 radical (unpaired) electrons. The van der Waals surface area contributed by atoms with E-state index in [-0.39, 0.29) is 33.9 Å². The SMILES string of the molecule is Cc1ccc(S(=O)(=O)CC2CN(S(=O)(=O)c3ccc(C)cc3)CC2CBr)cc1. The van der Waals surface area contributed by atoms with Crippen LogP contribution in [0.1, 0.15) is 11.1 Å². The second-order valence-electron chi connectivity index (χ2n) is 7.40. The lowest BCUT2D eigenvalue weighted by molar-refractivity contribution is 0.463. The number of nitrogens with zero attached hydrogens (tertiary/aromatic N) is 1. The first-order chi connectivity index (χ1) is 13.1. The largest absolute Gasteiger partial charge is 0.243 e. The summed E-state index contributed by atoms with van der Waals surface area (Å²) in [5.74, 6) is -0.377. The number of alkyl halides is 1. The Labute approximate surface area is 175 Å². The Morgan fingerprint density at radius 3 is 1.79 bits per heavy atom. The summed E-state index contributed by atoms with van der Waals surface area (Å²) in [5.41, 5.74) is 1.98. The third kappa shape index (κ3) is 4.50. The zero-order chi connectivity index (χ0) is 20.5. The van der Waals surface area contributed by atoms with E-state index in [2.05, 4.69) is 15.9 Å². The zero-order valence-electron chi connectivity index (χ0n) is 15.9. The molecule has 0 aliphatic carbocycles. The van der Waals surface area contributed by atoms with E-state index in [1.54, 1.807) is 48.5 Å². The topological polar surface area (TPSA) is 71.5 Å². The Bertz CT molecular complexity index is 1030. The average molecular weight is 486 g/mol. The highest BCUT2D eigenvalue weighted by atomic mass is 79.9. The molecule has 2 aromatic carbocycles. The monoisotopic (exact) mass is 485 g/mol. The standard InChI is InChI=1S/C20H24BrNO4S2/c1-15-3-7-19(8-4-15)27(23,24)14-18-13-22(12-17(18)11-21)28(25,26)20-9-5-16(2)6-10-20/h3-10,17-18H,11-14H2,1-2H3. The molecule has 1 fully saturated rings. The van der Waals surface area contributed by atoms with E-state index in [4.69, 9.17) is 0 Å². The van der Waals surface area contributed by atoms with Gasteiger partial charge >= 0.3 is 0 Å². The van der Waals surface area contributed by atoms with Gasteiger partial charge in [0.2, 0.25) is 10.0 Å². The smallest absolute Gasteiger partial charge is 0.224 e. The van der Waals surface area contributed by atoms with Crippen LogP contribution in [0.3, 0.4) is 0 Å². The predicted molar refractivity (Wildman–Crippen MR) is 114 cm³/mol. The van der Waals surface area contributed by atoms with Gasteiger partial charge in [-0.25, -0.2) is 16.8 Å². The summed E-state index contributed by atoms with van der Waals surface area (Å²) >= 11 is 3.43. The fraction of sp³-hybridized carbons (Fsp3) is 0.400. The minimum Gasteiger partial charge on any atom is -0.224 e. The number of sulfonamides is 1. The molecule has 1 saturated heterocycles. The van der Waals surface area contributed by atoms with Crippen molar-refractivity contribution in [3.05, 3.63) is 59.7 Å². The van der Waals surface area contributed by atoms with Gasteiger partial charge in [0.05, 0.1) is 15.5 Å². The summed E-state index contributed by atoms with van der Waals surface area (Å²) in [6.07, 6.45) is 0. The van der Waals surface area contributed by atoms with Crippen molar-refractivity contribution < 1.29 is 16.8 Å². The zero-order valence-corrected chi connectivity index (χ0v) is 19.1. The maximum Gasteiger partial charge on any atom is 0.243 e. The minimum atomic E-state index is -3.64. The highest BCUT2D eigenvalue weighted by Gasteiger charge is 2.40.